The number of aromatic nitrogens is 2. The molecule has 2 N–H and O–H groups in total. The molecule has 0 bridgehead atoms. The van der Waals surface area contributed by atoms with E-state index in [-0.39, 0.29) is 58.5 Å². The van der Waals surface area contributed by atoms with E-state index in [4.69, 9.17) is 24.4 Å². The Morgan fingerprint density at radius 1 is 1.20 bits per heavy atom. The molecule has 0 aliphatic carbocycles. The van der Waals surface area contributed by atoms with Gasteiger partial charge in [0.2, 0.25) is 5.71 Å². The standard InChI is InChI=1S/C22H23N5O8/c1-3-33-22(29)17-12(2)35-20-18(17)19(23)24-16(25-20)11-34-21(28)14-10-13(27(30)31)4-5-15(14)26-6-8-32-9-7-26/h4-5,10H,3,6-9,11H2,1-2H3,(H2,23,24,25). The number of hydrogen-bond donors (Lipinski definition) is 1. The summed E-state index contributed by atoms with van der Waals surface area (Å²) >= 11 is 0. The first kappa shape index (κ1) is 23.9. The Morgan fingerprint density at radius 3 is 2.63 bits per heavy atom. The summed E-state index contributed by atoms with van der Waals surface area (Å²) in [5.74, 6) is -1.14. The number of nitro benzene ring substituents is 1. The number of carbonyl (C=O) groups is 2. The monoisotopic (exact) mass is 485 g/mol. The molecule has 0 unspecified atom stereocenters. The molecule has 0 radical (unpaired) electrons. The second-order valence-electron chi connectivity index (χ2n) is 7.59. The number of nitrogens with two attached hydrogens (primary N) is 1. The smallest absolute Gasteiger partial charge is 0.342 e. The van der Waals surface area contributed by atoms with Crippen molar-refractivity contribution in [3.63, 3.8) is 0 Å². The highest BCUT2D eigenvalue weighted by Crippen LogP contribution is 2.30. The van der Waals surface area contributed by atoms with E-state index in [0.717, 1.165) is 0 Å². The lowest BCUT2D eigenvalue weighted by atomic mass is 10.1. The number of nitrogen functional groups attached to an aromatic ring is 1. The van der Waals surface area contributed by atoms with Gasteiger partial charge in [-0.25, -0.2) is 14.6 Å². The first-order valence-electron chi connectivity index (χ1n) is 10.8. The van der Waals surface area contributed by atoms with Crippen LogP contribution >= 0.6 is 0 Å². The number of non-ortho nitro benzene ring substituents is 1. The van der Waals surface area contributed by atoms with Gasteiger partial charge in [-0.2, -0.15) is 4.98 Å². The Bertz CT molecular complexity index is 1300. The number of nitro groups is 1. The molecule has 1 aromatic carbocycles. The molecular weight excluding hydrogens is 462 g/mol. The summed E-state index contributed by atoms with van der Waals surface area (Å²) < 4.78 is 21.3. The van der Waals surface area contributed by atoms with Crippen LogP contribution < -0.4 is 10.6 Å². The van der Waals surface area contributed by atoms with E-state index < -0.39 is 16.9 Å². The molecule has 1 fully saturated rings. The molecule has 35 heavy (non-hydrogen) atoms. The number of ether oxygens (including phenoxy) is 3. The zero-order valence-corrected chi connectivity index (χ0v) is 19.1. The van der Waals surface area contributed by atoms with Crippen molar-refractivity contribution in [1.29, 1.82) is 0 Å². The zero-order chi connectivity index (χ0) is 25.1. The molecule has 0 spiro atoms. The Morgan fingerprint density at radius 2 is 1.94 bits per heavy atom. The third-order valence-electron chi connectivity index (χ3n) is 5.38. The minimum atomic E-state index is -0.791. The molecule has 3 heterocycles. The van der Waals surface area contributed by atoms with Gasteiger partial charge in [-0.3, -0.25) is 10.1 Å². The van der Waals surface area contributed by atoms with Gasteiger partial charge in [0.25, 0.3) is 5.69 Å². The van der Waals surface area contributed by atoms with Crippen LogP contribution in [0.4, 0.5) is 17.2 Å². The van der Waals surface area contributed by atoms with Gasteiger partial charge in [-0.1, -0.05) is 0 Å². The fraction of sp³-hybridized carbons (Fsp3) is 0.364. The van der Waals surface area contributed by atoms with Gasteiger partial charge in [-0.15, -0.1) is 0 Å². The highest BCUT2D eigenvalue weighted by molar-refractivity contribution is 6.07. The largest absolute Gasteiger partial charge is 0.462 e. The van der Waals surface area contributed by atoms with Crippen molar-refractivity contribution in [3.8, 4) is 0 Å². The molecule has 0 atom stereocenters. The number of benzene rings is 1. The Hall–Kier alpha value is -4.26. The van der Waals surface area contributed by atoms with Crippen molar-refractivity contribution in [2.24, 2.45) is 0 Å². The van der Waals surface area contributed by atoms with Gasteiger partial charge < -0.3 is 29.3 Å². The number of morpholine rings is 1. The van der Waals surface area contributed by atoms with Crippen molar-refractivity contribution >= 4 is 40.2 Å². The molecule has 1 aliphatic rings. The Labute approximate surface area is 198 Å². The lowest BCUT2D eigenvalue weighted by Crippen LogP contribution is -2.37. The van der Waals surface area contributed by atoms with E-state index in [2.05, 4.69) is 9.97 Å². The van der Waals surface area contributed by atoms with E-state index >= 15 is 0 Å². The number of esters is 2. The van der Waals surface area contributed by atoms with E-state index in [1.807, 2.05) is 4.90 Å². The first-order valence-corrected chi connectivity index (χ1v) is 10.8. The maximum Gasteiger partial charge on any atom is 0.342 e. The van der Waals surface area contributed by atoms with Crippen LogP contribution in [0, 0.1) is 17.0 Å². The molecular formula is C22H23N5O8. The van der Waals surface area contributed by atoms with Crippen molar-refractivity contribution in [2.75, 3.05) is 43.5 Å². The second-order valence-corrected chi connectivity index (χ2v) is 7.59. The highest BCUT2D eigenvalue weighted by Gasteiger charge is 2.26. The average Bonchev–Trinajstić information content (AvgIpc) is 3.19. The van der Waals surface area contributed by atoms with E-state index in [1.54, 1.807) is 13.8 Å². The molecule has 0 amide bonds. The van der Waals surface area contributed by atoms with Crippen LogP contribution in [-0.2, 0) is 20.8 Å². The van der Waals surface area contributed by atoms with Crippen molar-refractivity contribution in [1.82, 2.24) is 9.97 Å². The van der Waals surface area contributed by atoms with Crippen LogP contribution in [0.5, 0.6) is 0 Å². The van der Waals surface area contributed by atoms with Gasteiger partial charge in [-0.05, 0) is 19.9 Å². The number of carbonyl (C=O) groups excluding carboxylic acids is 2. The van der Waals surface area contributed by atoms with Crippen LogP contribution in [-0.4, -0.2) is 59.7 Å². The fourth-order valence-electron chi connectivity index (χ4n) is 3.79. The van der Waals surface area contributed by atoms with Gasteiger partial charge in [0.05, 0.1) is 41.4 Å². The Kier molecular flexibility index (Phi) is 6.78. The van der Waals surface area contributed by atoms with E-state index in [1.165, 1.54) is 18.2 Å². The lowest BCUT2D eigenvalue weighted by Gasteiger charge is -2.30. The summed E-state index contributed by atoms with van der Waals surface area (Å²) in [5, 5.41) is 11.5. The van der Waals surface area contributed by atoms with Crippen LogP contribution in [0.25, 0.3) is 11.1 Å². The van der Waals surface area contributed by atoms with Crippen molar-refractivity contribution < 1.29 is 33.1 Å². The van der Waals surface area contributed by atoms with Crippen LogP contribution in [0.2, 0.25) is 0 Å². The number of rotatable bonds is 7. The fourth-order valence-corrected chi connectivity index (χ4v) is 3.79. The first-order chi connectivity index (χ1) is 16.8. The minimum absolute atomic E-state index is 0.0332. The predicted molar refractivity (Wildman–Crippen MR) is 122 cm³/mol. The summed E-state index contributed by atoms with van der Waals surface area (Å²) in [7, 11) is 0. The number of hydrogen-bond acceptors (Lipinski definition) is 12. The lowest BCUT2D eigenvalue weighted by molar-refractivity contribution is -0.384. The predicted octanol–water partition coefficient (Wildman–Crippen LogP) is 2.39. The van der Waals surface area contributed by atoms with Gasteiger partial charge in [0.1, 0.15) is 17.1 Å². The molecule has 0 saturated carbocycles. The summed E-state index contributed by atoms with van der Waals surface area (Å²) in [4.78, 5) is 46.1. The third kappa shape index (κ3) is 4.84. The number of aryl methyl sites for hydroxylation is 1. The minimum Gasteiger partial charge on any atom is -0.462 e. The van der Waals surface area contributed by atoms with Crippen LogP contribution in [0.3, 0.4) is 0 Å². The summed E-state index contributed by atoms with van der Waals surface area (Å²) in [6.07, 6.45) is 0. The highest BCUT2D eigenvalue weighted by atomic mass is 16.6. The maximum atomic E-state index is 13.0. The number of furan rings is 1. The number of anilines is 2. The maximum absolute atomic E-state index is 13.0. The van der Waals surface area contributed by atoms with Crippen molar-refractivity contribution in [3.05, 3.63) is 51.0 Å². The topological polar surface area (TPSA) is 173 Å². The molecule has 4 rings (SSSR count). The molecule has 1 aliphatic heterocycles. The summed E-state index contributed by atoms with van der Waals surface area (Å²) in [6.45, 7) is 5.02. The molecule has 2 aromatic heterocycles. The zero-order valence-electron chi connectivity index (χ0n) is 19.1. The number of nitrogens with zero attached hydrogens (tertiary/aromatic N) is 4. The normalized spacial score (nSPS) is 13.6. The van der Waals surface area contributed by atoms with Gasteiger partial charge in [0, 0.05) is 25.2 Å². The average molecular weight is 485 g/mol. The van der Waals surface area contributed by atoms with Crippen molar-refractivity contribution in [2.45, 2.75) is 20.5 Å². The number of fused-ring (bicyclic) bond motifs is 1. The molecule has 13 nitrogen and oxygen atoms in total. The Balaban J connectivity index is 1.59. The quantitative estimate of drug-likeness (QED) is 0.294. The van der Waals surface area contributed by atoms with E-state index in [9.17, 15) is 19.7 Å². The van der Waals surface area contributed by atoms with Gasteiger partial charge in [0.15, 0.2) is 12.4 Å². The molecule has 13 heteroatoms. The summed E-state index contributed by atoms with van der Waals surface area (Å²) in [6, 6.07) is 4.02. The van der Waals surface area contributed by atoms with Crippen LogP contribution in [0.1, 0.15) is 39.2 Å². The van der Waals surface area contributed by atoms with Gasteiger partial charge >= 0.3 is 11.9 Å². The van der Waals surface area contributed by atoms with Crippen LogP contribution in [0.15, 0.2) is 22.6 Å². The molecule has 3 aromatic rings. The third-order valence-corrected chi connectivity index (χ3v) is 5.38. The summed E-state index contributed by atoms with van der Waals surface area (Å²) in [5.41, 5.74) is 6.52. The molecule has 184 valence electrons. The SMILES string of the molecule is CCOC(=O)c1c(C)oc2nc(COC(=O)c3cc([N+](=O)[O-])ccc3N3CCOCC3)nc(N)c12. The second kappa shape index (κ2) is 9.93. The molecule has 1 saturated heterocycles. The van der Waals surface area contributed by atoms with E-state index in [0.29, 0.717) is 32.0 Å².